The SMILES string of the molecule is CN(C)c1ccnc(N[C@H]2CC[C@@H](NC(=O)Cc3ccc(Oc4ccccc4)cc3)CC2)n1. The number of hydrogen-bond donors (Lipinski definition) is 2. The Kier molecular flexibility index (Phi) is 7.40. The third-order valence-corrected chi connectivity index (χ3v) is 5.79. The van der Waals surface area contributed by atoms with E-state index in [0.29, 0.717) is 18.4 Å². The van der Waals surface area contributed by atoms with E-state index >= 15 is 0 Å². The van der Waals surface area contributed by atoms with Crippen LogP contribution in [0.1, 0.15) is 31.2 Å². The summed E-state index contributed by atoms with van der Waals surface area (Å²) in [6.07, 6.45) is 5.99. The van der Waals surface area contributed by atoms with Gasteiger partial charge in [-0.3, -0.25) is 4.79 Å². The zero-order chi connectivity index (χ0) is 23.0. The first-order valence-corrected chi connectivity index (χ1v) is 11.4. The first-order chi connectivity index (χ1) is 16.0. The molecule has 0 atom stereocenters. The molecule has 1 saturated carbocycles. The zero-order valence-electron chi connectivity index (χ0n) is 19.2. The van der Waals surface area contributed by atoms with Crippen molar-refractivity contribution in [1.82, 2.24) is 15.3 Å². The molecule has 0 spiro atoms. The summed E-state index contributed by atoms with van der Waals surface area (Å²) in [5.74, 6) is 3.16. The maximum absolute atomic E-state index is 12.5. The van der Waals surface area contributed by atoms with E-state index in [4.69, 9.17) is 4.74 Å². The fourth-order valence-corrected chi connectivity index (χ4v) is 4.00. The van der Waals surface area contributed by atoms with Crippen LogP contribution in [0.25, 0.3) is 0 Å². The van der Waals surface area contributed by atoms with Crippen LogP contribution in [-0.4, -0.2) is 42.1 Å². The summed E-state index contributed by atoms with van der Waals surface area (Å²) in [6.45, 7) is 0. The molecule has 1 aromatic heterocycles. The average molecular weight is 446 g/mol. The van der Waals surface area contributed by atoms with Crippen molar-refractivity contribution in [3.63, 3.8) is 0 Å². The Hall–Kier alpha value is -3.61. The van der Waals surface area contributed by atoms with E-state index in [1.165, 1.54) is 0 Å². The Bertz CT molecular complexity index is 1030. The largest absolute Gasteiger partial charge is 0.457 e. The second-order valence-corrected chi connectivity index (χ2v) is 8.63. The molecule has 0 bridgehead atoms. The summed E-state index contributed by atoms with van der Waals surface area (Å²) in [7, 11) is 3.93. The fourth-order valence-electron chi connectivity index (χ4n) is 4.00. The number of aromatic nitrogens is 2. The lowest BCUT2D eigenvalue weighted by atomic mass is 9.91. The standard InChI is InChI=1S/C26H31N5O2/c1-31(2)24-16-17-27-26(30-24)29-21-12-10-20(11-13-21)28-25(32)18-19-8-14-23(15-9-19)33-22-6-4-3-5-7-22/h3-9,14-17,20-21H,10-13,18H2,1-2H3,(H,28,32)(H,27,29,30)/t20-,21+. The molecular weight excluding hydrogens is 414 g/mol. The number of hydrogen-bond acceptors (Lipinski definition) is 6. The summed E-state index contributed by atoms with van der Waals surface area (Å²) in [4.78, 5) is 23.4. The third-order valence-electron chi connectivity index (χ3n) is 5.79. The molecule has 33 heavy (non-hydrogen) atoms. The molecule has 0 radical (unpaired) electrons. The number of para-hydroxylation sites is 1. The van der Waals surface area contributed by atoms with Gasteiger partial charge in [0.1, 0.15) is 17.3 Å². The van der Waals surface area contributed by atoms with Crippen molar-refractivity contribution >= 4 is 17.7 Å². The van der Waals surface area contributed by atoms with Crippen LogP contribution in [0.4, 0.5) is 11.8 Å². The second-order valence-electron chi connectivity index (χ2n) is 8.63. The van der Waals surface area contributed by atoms with Crippen molar-refractivity contribution in [3.05, 3.63) is 72.4 Å². The van der Waals surface area contributed by atoms with Gasteiger partial charge in [-0.05, 0) is 61.6 Å². The van der Waals surface area contributed by atoms with E-state index in [9.17, 15) is 4.79 Å². The van der Waals surface area contributed by atoms with Crippen LogP contribution in [0.3, 0.4) is 0 Å². The summed E-state index contributed by atoms with van der Waals surface area (Å²) < 4.78 is 5.81. The lowest BCUT2D eigenvalue weighted by Crippen LogP contribution is -2.40. The molecule has 172 valence electrons. The van der Waals surface area contributed by atoms with E-state index in [2.05, 4.69) is 20.6 Å². The van der Waals surface area contributed by atoms with Gasteiger partial charge in [-0.15, -0.1) is 0 Å². The van der Waals surface area contributed by atoms with Gasteiger partial charge in [-0.25, -0.2) is 4.98 Å². The molecule has 2 aromatic carbocycles. The average Bonchev–Trinajstić information content (AvgIpc) is 2.82. The molecule has 0 aliphatic heterocycles. The third kappa shape index (κ3) is 6.68. The highest BCUT2D eigenvalue weighted by atomic mass is 16.5. The molecule has 1 fully saturated rings. The predicted octanol–water partition coefficient (Wildman–Crippen LogP) is 4.42. The smallest absolute Gasteiger partial charge is 0.224 e. The van der Waals surface area contributed by atoms with Crippen molar-refractivity contribution in [2.75, 3.05) is 24.3 Å². The lowest BCUT2D eigenvalue weighted by Gasteiger charge is -2.29. The number of carbonyl (C=O) groups is 1. The fraction of sp³-hybridized carbons (Fsp3) is 0.346. The number of benzene rings is 2. The first-order valence-electron chi connectivity index (χ1n) is 11.4. The van der Waals surface area contributed by atoms with Crippen molar-refractivity contribution in [1.29, 1.82) is 0 Å². The van der Waals surface area contributed by atoms with E-state index in [-0.39, 0.29) is 11.9 Å². The van der Waals surface area contributed by atoms with Gasteiger partial charge in [-0.2, -0.15) is 4.98 Å². The summed E-state index contributed by atoms with van der Waals surface area (Å²) in [6, 6.07) is 19.8. The lowest BCUT2D eigenvalue weighted by molar-refractivity contribution is -0.121. The molecule has 1 heterocycles. The molecule has 2 N–H and O–H groups in total. The molecule has 7 heteroatoms. The minimum atomic E-state index is 0.0603. The van der Waals surface area contributed by atoms with Crippen molar-refractivity contribution in [2.45, 2.75) is 44.2 Å². The second kappa shape index (κ2) is 10.8. The number of rotatable bonds is 8. The number of amides is 1. The maximum atomic E-state index is 12.5. The van der Waals surface area contributed by atoms with Crippen molar-refractivity contribution < 1.29 is 9.53 Å². The molecular formula is C26H31N5O2. The van der Waals surface area contributed by atoms with Gasteiger partial charge in [0.05, 0.1) is 6.42 Å². The molecule has 1 amide bonds. The summed E-state index contributed by atoms with van der Waals surface area (Å²) >= 11 is 0. The van der Waals surface area contributed by atoms with Crippen LogP contribution in [0.15, 0.2) is 66.9 Å². The van der Waals surface area contributed by atoms with Crippen LogP contribution in [0, 0.1) is 0 Å². The maximum Gasteiger partial charge on any atom is 0.224 e. The zero-order valence-corrected chi connectivity index (χ0v) is 19.2. The summed E-state index contributed by atoms with van der Waals surface area (Å²) in [5, 5.41) is 6.63. The molecule has 4 rings (SSSR count). The molecule has 0 unspecified atom stereocenters. The van der Waals surface area contributed by atoms with E-state index in [1.807, 2.05) is 79.7 Å². The number of ether oxygens (including phenoxy) is 1. The number of nitrogens with zero attached hydrogens (tertiary/aromatic N) is 3. The first kappa shape index (κ1) is 22.6. The van der Waals surface area contributed by atoms with Crippen molar-refractivity contribution in [2.24, 2.45) is 0 Å². The van der Waals surface area contributed by atoms with Crippen LogP contribution < -0.4 is 20.3 Å². The molecule has 1 aliphatic carbocycles. The van der Waals surface area contributed by atoms with Gasteiger partial charge in [-0.1, -0.05) is 30.3 Å². The molecule has 1 aliphatic rings. The molecule has 0 saturated heterocycles. The molecule has 3 aromatic rings. The van der Waals surface area contributed by atoms with Crippen LogP contribution >= 0.6 is 0 Å². The highest BCUT2D eigenvalue weighted by molar-refractivity contribution is 5.78. The van der Waals surface area contributed by atoms with Crippen LogP contribution in [0.5, 0.6) is 11.5 Å². The molecule has 7 nitrogen and oxygen atoms in total. The van der Waals surface area contributed by atoms with Crippen LogP contribution in [-0.2, 0) is 11.2 Å². The number of carbonyl (C=O) groups excluding carboxylic acids is 1. The topological polar surface area (TPSA) is 79.4 Å². The van der Waals surface area contributed by atoms with E-state index in [1.54, 1.807) is 6.20 Å². The Balaban J connectivity index is 1.20. The van der Waals surface area contributed by atoms with Gasteiger partial charge >= 0.3 is 0 Å². The number of nitrogens with one attached hydrogen (secondary N) is 2. The Morgan fingerprint density at radius 1 is 0.939 bits per heavy atom. The Labute approximate surface area is 195 Å². The van der Waals surface area contributed by atoms with Gasteiger partial charge in [0.2, 0.25) is 11.9 Å². The van der Waals surface area contributed by atoms with Gasteiger partial charge in [0, 0.05) is 32.4 Å². The Morgan fingerprint density at radius 2 is 1.61 bits per heavy atom. The highest BCUT2D eigenvalue weighted by Crippen LogP contribution is 2.23. The van der Waals surface area contributed by atoms with Gasteiger partial charge < -0.3 is 20.3 Å². The van der Waals surface area contributed by atoms with E-state index < -0.39 is 0 Å². The monoisotopic (exact) mass is 445 g/mol. The number of anilines is 2. The summed E-state index contributed by atoms with van der Waals surface area (Å²) in [5.41, 5.74) is 0.973. The predicted molar refractivity (Wildman–Crippen MR) is 131 cm³/mol. The Morgan fingerprint density at radius 3 is 2.30 bits per heavy atom. The van der Waals surface area contributed by atoms with Gasteiger partial charge in [0.15, 0.2) is 0 Å². The van der Waals surface area contributed by atoms with Crippen molar-refractivity contribution in [3.8, 4) is 11.5 Å². The highest BCUT2D eigenvalue weighted by Gasteiger charge is 2.23. The van der Waals surface area contributed by atoms with Crippen LogP contribution in [0.2, 0.25) is 0 Å². The minimum absolute atomic E-state index is 0.0603. The van der Waals surface area contributed by atoms with Gasteiger partial charge in [0.25, 0.3) is 0 Å². The quantitative estimate of drug-likeness (QED) is 0.534. The minimum Gasteiger partial charge on any atom is -0.457 e. The normalized spacial score (nSPS) is 17.8. The van der Waals surface area contributed by atoms with E-state index in [0.717, 1.165) is 48.6 Å².